The second-order valence-electron chi connectivity index (χ2n) is 4.18. The van der Waals surface area contributed by atoms with Crippen LogP contribution in [0.25, 0.3) is 0 Å². The second kappa shape index (κ2) is 6.00. The van der Waals surface area contributed by atoms with E-state index < -0.39 is 12.0 Å². The van der Waals surface area contributed by atoms with E-state index in [4.69, 9.17) is 5.11 Å². The van der Waals surface area contributed by atoms with Gasteiger partial charge in [-0.2, -0.15) is 0 Å². The second-order valence-corrected chi connectivity index (χ2v) is 4.18. The molecule has 2 fully saturated rings. The standard InChI is InChI=1S/C10H16N2O3.Na.H/c13-9(7-3-1-5-11-7)12-6-2-4-8(12)10(14)15;;/h7-8,11H,1-6H2,(H,14,15);;/q;+1;-1. The maximum atomic E-state index is 12.0. The van der Waals surface area contributed by atoms with Gasteiger partial charge >= 0.3 is 35.5 Å². The number of carboxylic acid groups (broad SMARTS) is 1. The third kappa shape index (κ3) is 2.77. The van der Waals surface area contributed by atoms with E-state index in [1.807, 2.05) is 0 Å². The maximum Gasteiger partial charge on any atom is 1.00 e. The summed E-state index contributed by atoms with van der Waals surface area (Å²) in [4.78, 5) is 24.4. The van der Waals surface area contributed by atoms with Crippen LogP contribution in [0.3, 0.4) is 0 Å². The molecule has 1 amide bonds. The molecule has 0 saturated carbocycles. The van der Waals surface area contributed by atoms with E-state index in [1.54, 1.807) is 0 Å². The number of carbonyl (C=O) groups is 2. The van der Waals surface area contributed by atoms with Crippen LogP contribution in [-0.4, -0.2) is 47.1 Å². The summed E-state index contributed by atoms with van der Waals surface area (Å²) < 4.78 is 0. The van der Waals surface area contributed by atoms with E-state index in [9.17, 15) is 9.59 Å². The number of amides is 1. The molecular weight excluding hydrogens is 219 g/mol. The van der Waals surface area contributed by atoms with Gasteiger partial charge in [-0.05, 0) is 32.2 Å². The molecule has 2 aliphatic rings. The number of aliphatic carboxylic acids is 1. The fourth-order valence-corrected chi connectivity index (χ4v) is 2.38. The molecule has 2 unspecified atom stereocenters. The first kappa shape index (κ1) is 14.0. The molecule has 0 aromatic rings. The predicted octanol–water partition coefficient (Wildman–Crippen LogP) is -3.07. The minimum absolute atomic E-state index is 0. The molecule has 5 nitrogen and oxygen atoms in total. The van der Waals surface area contributed by atoms with Crippen LogP contribution in [0, 0.1) is 0 Å². The zero-order chi connectivity index (χ0) is 10.8. The van der Waals surface area contributed by atoms with Crippen molar-refractivity contribution in [1.29, 1.82) is 0 Å². The molecule has 2 saturated heterocycles. The van der Waals surface area contributed by atoms with Gasteiger partial charge in [-0.25, -0.2) is 4.79 Å². The van der Waals surface area contributed by atoms with Crippen LogP contribution in [0.5, 0.6) is 0 Å². The van der Waals surface area contributed by atoms with Gasteiger partial charge in [-0.15, -0.1) is 0 Å². The number of carbonyl (C=O) groups excluding carboxylic acids is 1. The molecule has 2 atom stereocenters. The normalized spacial score (nSPS) is 28.9. The molecule has 6 heteroatoms. The van der Waals surface area contributed by atoms with Crippen molar-refractivity contribution >= 4 is 11.9 Å². The molecule has 0 aliphatic carbocycles. The van der Waals surface area contributed by atoms with Crippen LogP contribution in [0.15, 0.2) is 0 Å². The zero-order valence-corrected chi connectivity index (χ0v) is 11.6. The van der Waals surface area contributed by atoms with Crippen LogP contribution in [0.1, 0.15) is 27.1 Å². The molecular formula is C10H17N2NaO3. The van der Waals surface area contributed by atoms with Crippen LogP contribution in [0.2, 0.25) is 0 Å². The molecule has 2 heterocycles. The Labute approximate surface area is 118 Å². The molecule has 86 valence electrons. The Bertz CT molecular complexity index is 285. The van der Waals surface area contributed by atoms with Crippen LogP contribution >= 0.6 is 0 Å². The van der Waals surface area contributed by atoms with Crippen LogP contribution < -0.4 is 34.9 Å². The topological polar surface area (TPSA) is 69.6 Å². The van der Waals surface area contributed by atoms with Gasteiger partial charge in [0.05, 0.1) is 6.04 Å². The fraction of sp³-hybridized carbons (Fsp3) is 0.800. The summed E-state index contributed by atoms with van der Waals surface area (Å²) in [5.41, 5.74) is 0. The first-order valence-electron chi connectivity index (χ1n) is 5.47. The number of likely N-dealkylation sites (tertiary alicyclic amines) is 1. The van der Waals surface area contributed by atoms with Crippen molar-refractivity contribution in [1.82, 2.24) is 10.2 Å². The van der Waals surface area contributed by atoms with Crippen molar-refractivity contribution in [2.24, 2.45) is 0 Å². The third-order valence-electron chi connectivity index (χ3n) is 3.18. The van der Waals surface area contributed by atoms with E-state index in [0.29, 0.717) is 13.0 Å². The van der Waals surface area contributed by atoms with Gasteiger partial charge in [-0.3, -0.25) is 4.79 Å². The predicted molar refractivity (Wildman–Crippen MR) is 54.5 cm³/mol. The smallest absolute Gasteiger partial charge is 1.00 e. The van der Waals surface area contributed by atoms with E-state index >= 15 is 0 Å². The Hall–Kier alpha value is -0.100. The number of nitrogens with one attached hydrogen (secondary N) is 1. The summed E-state index contributed by atoms with van der Waals surface area (Å²) in [7, 11) is 0. The van der Waals surface area contributed by atoms with Gasteiger partial charge in [0.15, 0.2) is 0 Å². The van der Waals surface area contributed by atoms with E-state index in [1.165, 1.54) is 4.90 Å². The quantitative estimate of drug-likeness (QED) is 0.499. The largest absolute Gasteiger partial charge is 1.00 e. The van der Waals surface area contributed by atoms with Crippen molar-refractivity contribution in [3.05, 3.63) is 0 Å². The van der Waals surface area contributed by atoms with Gasteiger partial charge in [0.25, 0.3) is 0 Å². The minimum atomic E-state index is -0.876. The molecule has 2 aliphatic heterocycles. The van der Waals surface area contributed by atoms with E-state index in [-0.39, 0.29) is 42.9 Å². The van der Waals surface area contributed by atoms with Gasteiger partial charge < -0.3 is 16.7 Å². The Balaban J connectivity index is 0.00000128. The number of hydrogen-bond acceptors (Lipinski definition) is 3. The zero-order valence-electron chi connectivity index (χ0n) is 10.6. The molecule has 0 aromatic carbocycles. The van der Waals surface area contributed by atoms with Gasteiger partial charge in [-0.1, -0.05) is 0 Å². The maximum absolute atomic E-state index is 12.0. The molecule has 2 rings (SSSR count). The van der Waals surface area contributed by atoms with Crippen molar-refractivity contribution < 1.29 is 45.7 Å². The number of carboxylic acids is 1. The molecule has 0 spiro atoms. The summed E-state index contributed by atoms with van der Waals surface area (Å²) in [6, 6.07) is -0.746. The molecule has 0 bridgehead atoms. The monoisotopic (exact) mass is 236 g/mol. The molecule has 0 aromatic heterocycles. The van der Waals surface area contributed by atoms with Crippen molar-refractivity contribution in [2.45, 2.75) is 37.8 Å². The molecule has 16 heavy (non-hydrogen) atoms. The molecule has 2 N–H and O–H groups in total. The fourth-order valence-electron chi connectivity index (χ4n) is 2.38. The summed E-state index contributed by atoms with van der Waals surface area (Å²) in [6.45, 7) is 1.45. The Morgan fingerprint density at radius 3 is 2.62 bits per heavy atom. The van der Waals surface area contributed by atoms with E-state index in [0.717, 1.165) is 25.8 Å². The van der Waals surface area contributed by atoms with Crippen LogP contribution in [0.4, 0.5) is 0 Å². The van der Waals surface area contributed by atoms with Gasteiger partial charge in [0.1, 0.15) is 6.04 Å². The number of rotatable bonds is 2. The van der Waals surface area contributed by atoms with Crippen molar-refractivity contribution in [2.75, 3.05) is 13.1 Å². The van der Waals surface area contributed by atoms with Gasteiger partial charge in [0.2, 0.25) is 5.91 Å². The van der Waals surface area contributed by atoms with E-state index in [2.05, 4.69) is 5.32 Å². The van der Waals surface area contributed by atoms with Gasteiger partial charge in [0, 0.05) is 6.54 Å². The average molecular weight is 236 g/mol. The van der Waals surface area contributed by atoms with Crippen molar-refractivity contribution in [3.63, 3.8) is 0 Å². The average Bonchev–Trinajstić information content (AvgIpc) is 2.88. The van der Waals surface area contributed by atoms with Crippen LogP contribution in [-0.2, 0) is 9.59 Å². The minimum Gasteiger partial charge on any atom is -1.00 e. The Morgan fingerprint density at radius 2 is 2.06 bits per heavy atom. The summed E-state index contributed by atoms with van der Waals surface area (Å²) >= 11 is 0. The number of nitrogens with zero attached hydrogens (tertiary/aromatic N) is 1. The first-order valence-corrected chi connectivity index (χ1v) is 5.47. The summed E-state index contributed by atoms with van der Waals surface area (Å²) in [6.07, 6.45) is 3.23. The SMILES string of the molecule is O=C(O)C1CCCN1C(=O)C1CCCN1.[H-].[Na+]. The third-order valence-corrected chi connectivity index (χ3v) is 3.18. The number of hydrogen-bond donors (Lipinski definition) is 2. The summed E-state index contributed by atoms with van der Waals surface area (Å²) in [5.74, 6) is -0.906. The Morgan fingerprint density at radius 1 is 1.31 bits per heavy atom. The molecule has 0 radical (unpaired) electrons. The van der Waals surface area contributed by atoms with Crippen molar-refractivity contribution in [3.8, 4) is 0 Å². The first-order chi connectivity index (χ1) is 7.20. The summed E-state index contributed by atoms with van der Waals surface area (Å²) in [5, 5.41) is 12.1. The Kier molecular flexibility index (Phi) is 5.24.